The van der Waals surface area contributed by atoms with Crippen LogP contribution in [0.2, 0.25) is 5.31 Å². The molecule has 0 aromatic heterocycles. The van der Waals surface area contributed by atoms with Gasteiger partial charge in [0.25, 0.3) is 0 Å². The molecular formula is C6H8BF3KNO. The van der Waals surface area contributed by atoms with Crippen molar-refractivity contribution in [3.63, 3.8) is 0 Å². The molecule has 1 N–H and O–H groups in total. The molecule has 3 fully saturated rings. The van der Waals surface area contributed by atoms with Gasteiger partial charge in [0, 0.05) is 5.92 Å². The molecule has 0 radical (unpaired) electrons. The molecule has 3 aliphatic rings. The molecule has 7 heteroatoms. The molecule has 3 rings (SSSR count). The Balaban J connectivity index is 0.000000845. The summed E-state index contributed by atoms with van der Waals surface area (Å²) in [5, 5.41) is 0.756. The molecule has 1 amide bonds. The second-order valence-electron chi connectivity index (χ2n) is 3.76. The topological polar surface area (TPSA) is 29.1 Å². The minimum absolute atomic E-state index is 0. The van der Waals surface area contributed by atoms with Gasteiger partial charge in [-0.05, 0) is 11.9 Å². The zero-order chi connectivity index (χ0) is 8.98. The van der Waals surface area contributed by atoms with E-state index in [0.29, 0.717) is 0 Å². The summed E-state index contributed by atoms with van der Waals surface area (Å²) in [6.07, 6.45) is 0.0324. The number of carbonyl (C=O) groups excluding carboxylic acids is 1. The number of carbonyl (C=O) groups is 1. The van der Waals surface area contributed by atoms with Crippen LogP contribution < -0.4 is 56.7 Å². The summed E-state index contributed by atoms with van der Waals surface area (Å²) < 4.78 is 37.2. The van der Waals surface area contributed by atoms with Crippen LogP contribution in [-0.4, -0.2) is 19.4 Å². The van der Waals surface area contributed by atoms with E-state index >= 15 is 0 Å². The van der Waals surface area contributed by atoms with Crippen molar-refractivity contribution in [3.05, 3.63) is 0 Å². The molecule has 1 aliphatic carbocycles. The first-order valence-corrected chi connectivity index (χ1v) is 3.92. The number of hydrogen-bond acceptors (Lipinski definition) is 1. The second kappa shape index (κ2) is 3.52. The standard InChI is InChI=1S/C6H8BF3NO.K/c8-7(9,10)6-1-4(2-6)5(12)11-3-6;/h4H,1-3H2,(H,11,12);/q-1;+1. The van der Waals surface area contributed by atoms with Gasteiger partial charge in [0.15, 0.2) is 0 Å². The number of fused-ring (bicyclic) bond motifs is 2. The van der Waals surface area contributed by atoms with Crippen LogP contribution in [-0.2, 0) is 4.79 Å². The molecule has 1 saturated carbocycles. The van der Waals surface area contributed by atoms with Gasteiger partial charge in [0.2, 0.25) is 5.91 Å². The Bertz CT molecular complexity index is 233. The van der Waals surface area contributed by atoms with Crippen molar-refractivity contribution in [2.24, 2.45) is 5.92 Å². The Kier molecular flexibility index (Phi) is 3.26. The summed E-state index contributed by atoms with van der Waals surface area (Å²) in [4.78, 5) is 10.8. The fourth-order valence-corrected chi connectivity index (χ4v) is 2.04. The van der Waals surface area contributed by atoms with E-state index in [1.807, 2.05) is 0 Å². The molecule has 2 aliphatic heterocycles. The van der Waals surface area contributed by atoms with E-state index in [2.05, 4.69) is 5.32 Å². The molecule has 0 aromatic carbocycles. The maximum Gasteiger partial charge on any atom is 1.00 e. The molecule has 0 aromatic rings. The van der Waals surface area contributed by atoms with Crippen LogP contribution in [0, 0.1) is 5.92 Å². The number of piperidine rings is 2. The molecule has 0 spiro atoms. The third-order valence-corrected chi connectivity index (χ3v) is 2.99. The molecule has 2 saturated heterocycles. The molecule has 13 heavy (non-hydrogen) atoms. The molecule has 2 bridgehead atoms. The monoisotopic (exact) mass is 217 g/mol. The van der Waals surface area contributed by atoms with Gasteiger partial charge in [0.1, 0.15) is 0 Å². The zero-order valence-corrected chi connectivity index (χ0v) is 10.4. The Labute approximate surface area is 116 Å². The maximum absolute atomic E-state index is 12.4. The van der Waals surface area contributed by atoms with Crippen molar-refractivity contribution >= 4 is 12.9 Å². The smallest absolute Gasteiger partial charge is 0.448 e. The fourth-order valence-electron chi connectivity index (χ4n) is 2.04. The number of amides is 1. The Morgan fingerprint density at radius 2 is 1.92 bits per heavy atom. The van der Waals surface area contributed by atoms with Crippen molar-refractivity contribution in [2.75, 3.05) is 6.54 Å². The SMILES string of the molecule is O=C1NCC2([B-](F)(F)F)CC1C2.[K+]. The summed E-state index contributed by atoms with van der Waals surface area (Å²) >= 11 is 0. The molecule has 2 nitrogen and oxygen atoms in total. The maximum atomic E-state index is 12.4. The summed E-state index contributed by atoms with van der Waals surface area (Å²) in [5.74, 6) is -0.584. The predicted octanol–water partition coefficient (Wildman–Crippen LogP) is -1.88. The van der Waals surface area contributed by atoms with Gasteiger partial charge in [-0.3, -0.25) is 4.79 Å². The summed E-state index contributed by atoms with van der Waals surface area (Å²) in [6.45, 7) is -4.99. The van der Waals surface area contributed by atoms with E-state index in [9.17, 15) is 17.7 Å². The van der Waals surface area contributed by atoms with Crippen molar-refractivity contribution in [1.29, 1.82) is 0 Å². The number of nitrogens with one attached hydrogen (secondary N) is 1. The van der Waals surface area contributed by atoms with Gasteiger partial charge < -0.3 is 18.3 Å². The van der Waals surface area contributed by atoms with Gasteiger partial charge in [0.05, 0.1) is 0 Å². The zero-order valence-electron chi connectivity index (χ0n) is 7.32. The van der Waals surface area contributed by atoms with Crippen LogP contribution in [0.25, 0.3) is 0 Å². The summed E-state index contributed by atoms with van der Waals surface area (Å²) in [6, 6.07) is 0. The summed E-state index contributed by atoms with van der Waals surface area (Å²) in [5.41, 5.74) is 0. The van der Waals surface area contributed by atoms with Crippen LogP contribution in [0.3, 0.4) is 0 Å². The fraction of sp³-hybridized carbons (Fsp3) is 0.833. The molecular weight excluding hydrogens is 209 g/mol. The van der Waals surface area contributed by atoms with Crippen molar-refractivity contribution < 1.29 is 69.1 Å². The first-order valence-electron chi connectivity index (χ1n) is 3.92. The van der Waals surface area contributed by atoms with Crippen molar-refractivity contribution in [3.8, 4) is 0 Å². The Morgan fingerprint density at radius 3 is 2.23 bits per heavy atom. The minimum atomic E-state index is -4.79. The van der Waals surface area contributed by atoms with E-state index in [-0.39, 0.29) is 82.6 Å². The van der Waals surface area contributed by atoms with E-state index in [1.165, 1.54) is 0 Å². The Morgan fingerprint density at radius 1 is 1.38 bits per heavy atom. The molecule has 0 unspecified atom stereocenters. The van der Waals surface area contributed by atoms with Crippen molar-refractivity contribution in [2.45, 2.75) is 18.2 Å². The second-order valence-corrected chi connectivity index (χ2v) is 3.76. The van der Waals surface area contributed by atoms with Crippen LogP contribution >= 0.6 is 0 Å². The predicted molar refractivity (Wildman–Crippen MR) is 37.5 cm³/mol. The van der Waals surface area contributed by atoms with Gasteiger partial charge in [-0.2, -0.15) is 0 Å². The van der Waals surface area contributed by atoms with E-state index in [0.717, 1.165) is 0 Å². The molecule has 2 heterocycles. The minimum Gasteiger partial charge on any atom is -0.448 e. The van der Waals surface area contributed by atoms with Gasteiger partial charge in [-0.1, -0.05) is 12.8 Å². The first-order chi connectivity index (χ1) is 5.45. The number of rotatable bonds is 1. The van der Waals surface area contributed by atoms with Crippen LogP contribution in [0.15, 0.2) is 0 Å². The quantitative estimate of drug-likeness (QED) is 0.511. The molecule has 68 valence electrons. The van der Waals surface area contributed by atoms with Crippen molar-refractivity contribution in [1.82, 2.24) is 5.32 Å². The van der Waals surface area contributed by atoms with Gasteiger partial charge in [-0.15, -0.1) is 0 Å². The van der Waals surface area contributed by atoms with Crippen LogP contribution in [0.4, 0.5) is 12.9 Å². The van der Waals surface area contributed by atoms with Crippen LogP contribution in [0.1, 0.15) is 12.8 Å². The average Bonchev–Trinajstić information content (AvgIpc) is 1.82. The van der Waals surface area contributed by atoms with Crippen LogP contribution in [0.5, 0.6) is 0 Å². The van der Waals surface area contributed by atoms with E-state index in [4.69, 9.17) is 0 Å². The Hall–Kier alpha value is 0.961. The largest absolute Gasteiger partial charge is 1.00 e. The normalized spacial score (nSPS) is 37.2. The third-order valence-electron chi connectivity index (χ3n) is 2.99. The van der Waals surface area contributed by atoms with Gasteiger partial charge >= 0.3 is 58.4 Å². The van der Waals surface area contributed by atoms with E-state index in [1.54, 1.807) is 0 Å². The summed E-state index contributed by atoms with van der Waals surface area (Å²) in [7, 11) is 0. The number of halogens is 3. The number of hydrogen-bond donors (Lipinski definition) is 1. The third kappa shape index (κ3) is 1.73. The van der Waals surface area contributed by atoms with E-state index < -0.39 is 12.3 Å². The first kappa shape index (κ1) is 12.0. The molecule has 0 atom stereocenters. The average molecular weight is 217 g/mol. The van der Waals surface area contributed by atoms with Gasteiger partial charge in [-0.25, -0.2) is 0 Å².